The summed E-state index contributed by atoms with van der Waals surface area (Å²) >= 11 is 0. The molecule has 0 saturated heterocycles. The maximum atomic E-state index is 3.56. The molecule has 0 fully saturated rings. The van der Waals surface area contributed by atoms with Gasteiger partial charge in [0.1, 0.15) is 0 Å². The lowest BCUT2D eigenvalue weighted by Gasteiger charge is -2.30. The minimum atomic E-state index is 0.573. The van der Waals surface area contributed by atoms with Crippen molar-refractivity contribution in [2.75, 3.05) is 40.8 Å². The van der Waals surface area contributed by atoms with Gasteiger partial charge in [0.15, 0.2) is 0 Å². The van der Waals surface area contributed by atoms with Crippen LogP contribution in [0.1, 0.15) is 33.6 Å². The van der Waals surface area contributed by atoms with Gasteiger partial charge in [-0.25, -0.2) is 0 Å². The first-order valence-electron chi connectivity index (χ1n) is 6.57. The van der Waals surface area contributed by atoms with Crippen LogP contribution in [0, 0.1) is 0 Å². The fourth-order valence-corrected chi connectivity index (χ4v) is 1.76. The summed E-state index contributed by atoms with van der Waals surface area (Å²) in [6.45, 7) is 10.3. The molecule has 0 heterocycles. The minimum Gasteiger partial charge on any atom is -0.313 e. The Kier molecular flexibility index (Phi) is 8.90. The van der Waals surface area contributed by atoms with Crippen molar-refractivity contribution < 1.29 is 0 Å². The molecule has 2 unspecified atom stereocenters. The van der Waals surface area contributed by atoms with Crippen molar-refractivity contribution >= 4 is 0 Å². The van der Waals surface area contributed by atoms with Gasteiger partial charge in [0.25, 0.3) is 0 Å². The topological polar surface area (TPSA) is 18.5 Å². The van der Waals surface area contributed by atoms with Crippen LogP contribution in [0.5, 0.6) is 0 Å². The molecular weight excluding hydrogens is 198 g/mol. The molecule has 2 atom stereocenters. The summed E-state index contributed by atoms with van der Waals surface area (Å²) in [5.74, 6) is 0. The fraction of sp³-hybridized carbons (Fsp3) is 1.00. The summed E-state index contributed by atoms with van der Waals surface area (Å²) in [6, 6.07) is 1.18. The van der Waals surface area contributed by atoms with Crippen molar-refractivity contribution in [1.29, 1.82) is 0 Å². The molecule has 0 aromatic carbocycles. The Hall–Kier alpha value is -0.120. The highest BCUT2D eigenvalue weighted by Crippen LogP contribution is 2.03. The van der Waals surface area contributed by atoms with E-state index in [1.807, 2.05) is 0 Å². The third-order valence-corrected chi connectivity index (χ3v) is 3.25. The summed E-state index contributed by atoms with van der Waals surface area (Å²) in [5.41, 5.74) is 0. The molecule has 0 bridgehead atoms. The molecule has 0 aromatic rings. The zero-order chi connectivity index (χ0) is 12.6. The quantitative estimate of drug-likeness (QED) is 0.648. The standard InChI is InChI=1S/C13H31N3/c1-7-9-14-12(2)13(3)16(6)11-8-10-15(4)5/h12-14H,7-11H2,1-6H3. The van der Waals surface area contributed by atoms with Crippen molar-refractivity contribution in [3.63, 3.8) is 0 Å². The predicted octanol–water partition coefficient (Wildman–Crippen LogP) is 1.65. The predicted molar refractivity (Wildman–Crippen MR) is 73.0 cm³/mol. The van der Waals surface area contributed by atoms with Crippen LogP contribution in [-0.4, -0.2) is 62.7 Å². The molecule has 0 aliphatic rings. The van der Waals surface area contributed by atoms with E-state index in [1.165, 1.54) is 25.9 Å². The highest BCUT2D eigenvalue weighted by Gasteiger charge is 2.15. The summed E-state index contributed by atoms with van der Waals surface area (Å²) in [5, 5.41) is 3.56. The molecule has 0 aliphatic carbocycles. The first kappa shape index (κ1) is 15.9. The second kappa shape index (κ2) is 8.97. The van der Waals surface area contributed by atoms with Gasteiger partial charge in [0.2, 0.25) is 0 Å². The number of rotatable bonds is 9. The van der Waals surface area contributed by atoms with E-state index in [0.29, 0.717) is 12.1 Å². The van der Waals surface area contributed by atoms with E-state index >= 15 is 0 Å². The number of hydrogen-bond donors (Lipinski definition) is 1. The largest absolute Gasteiger partial charge is 0.313 e. The van der Waals surface area contributed by atoms with Gasteiger partial charge in [-0.15, -0.1) is 0 Å². The Morgan fingerprint density at radius 1 is 1.06 bits per heavy atom. The molecule has 0 aliphatic heterocycles. The molecule has 0 spiro atoms. The number of hydrogen-bond acceptors (Lipinski definition) is 3. The normalized spacial score (nSPS) is 15.8. The lowest BCUT2D eigenvalue weighted by atomic mass is 10.1. The van der Waals surface area contributed by atoms with Crippen LogP contribution in [0.4, 0.5) is 0 Å². The van der Waals surface area contributed by atoms with Crippen LogP contribution in [0.3, 0.4) is 0 Å². The molecule has 0 amide bonds. The van der Waals surface area contributed by atoms with Crippen LogP contribution in [0.2, 0.25) is 0 Å². The first-order valence-corrected chi connectivity index (χ1v) is 6.57. The number of nitrogens with one attached hydrogen (secondary N) is 1. The van der Waals surface area contributed by atoms with E-state index in [9.17, 15) is 0 Å². The van der Waals surface area contributed by atoms with Gasteiger partial charge in [-0.05, 0) is 67.5 Å². The molecule has 0 aromatic heterocycles. The van der Waals surface area contributed by atoms with Crippen LogP contribution in [-0.2, 0) is 0 Å². The van der Waals surface area contributed by atoms with Gasteiger partial charge in [0.05, 0.1) is 0 Å². The second-order valence-corrected chi connectivity index (χ2v) is 5.12. The van der Waals surface area contributed by atoms with Gasteiger partial charge in [0, 0.05) is 12.1 Å². The van der Waals surface area contributed by atoms with E-state index in [-0.39, 0.29) is 0 Å². The third-order valence-electron chi connectivity index (χ3n) is 3.25. The molecule has 1 N–H and O–H groups in total. The molecule has 3 nitrogen and oxygen atoms in total. The van der Waals surface area contributed by atoms with Crippen molar-refractivity contribution in [2.24, 2.45) is 0 Å². The molecule has 98 valence electrons. The molecular formula is C13H31N3. The van der Waals surface area contributed by atoms with Crippen molar-refractivity contribution in [3.05, 3.63) is 0 Å². The molecule has 0 rings (SSSR count). The maximum Gasteiger partial charge on any atom is 0.0215 e. The highest BCUT2D eigenvalue weighted by atomic mass is 15.2. The lowest BCUT2D eigenvalue weighted by Crippen LogP contribution is -2.46. The highest BCUT2D eigenvalue weighted by molar-refractivity contribution is 4.75. The average molecular weight is 229 g/mol. The SMILES string of the molecule is CCCNC(C)C(C)N(C)CCCN(C)C. The molecule has 16 heavy (non-hydrogen) atoms. The van der Waals surface area contributed by atoms with Crippen LogP contribution in [0.25, 0.3) is 0 Å². The summed E-state index contributed by atoms with van der Waals surface area (Å²) in [7, 11) is 6.49. The van der Waals surface area contributed by atoms with Crippen LogP contribution in [0.15, 0.2) is 0 Å². The van der Waals surface area contributed by atoms with E-state index in [1.54, 1.807) is 0 Å². The first-order chi connectivity index (χ1) is 7.49. The van der Waals surface area contributed by atoms with Crippen LogP contribution >= 0.6 is 0 Å². The van der Waals surface area contributed by atoms with Gasteiger partial charge in [-0.3, -0.25) is 0 Å². The van der Waals surface area contributed by atoms with Crippen molar-refractivity contribution in [3.8, 4) is 0 Å². The van der Waals surface area contributed by atoms with Crippen molar-refractivity contribution in [1.82, 2.24) is 15.1 Å². The zero-order valence-electron chi connectivity index (χ0n) is 12.1. The van der Waals surface area contributed by atoms with E-state index in [4.69, 9.17) is 0 Å². The Balaban J connectivity index is 3.74. The Bertz CT molecular complexity index is 159. The van der Waals surface area contributed by atoms with Gasteiger partial charge >= 0.3 is 0 Å². The summed E-state index contributed by atoms with van der Waals surface area (Å²) < 4.78 is 0. The molecule has 0 saturated carbocycles. The van der Waals surface area contributed by atoms with Gasteiger partial charge < -0.3 is 15.1 Å². The average Bonchev–Trinajstić information content (AvgIpc) is 2.24. The zero-order valence-corrected chi connectivity index (χ0v) is 12.1. The van der Waals surface area contributed by atoms with E-state index in [2.05, 4.69) is 57.0 Å². The Labute approximate surface area is 102 Å². The van der Waals surface area contributed by atoms with Crippen molar-refractivity contribution in [2.45, 2.75) is 45.7 Å². The number of nitrogens with zero attached hydrogens (tertiary/aromatic N) is 2. The van der Waals surface area contributed by atoms with E-state index < -0.39 is 0 Å². The molecule has 0 radical (unpaired) electrons. The molecule has 3 heteroatoms. The Morgan fingerprint density at radius 2 is 1.69 bits per heavy atom. The monoisotopic (exact) mass is 229 g/mol. The summed E-state index contributed by atoms with van der Waals surface area (Å²) in [4.78, 5) is 4.70. The fourth-order valence-electron chi connectivity index (χ4n) is 1.76. The maximum absolute atomic E-state index is 3.56. The minimum absolute atomic E-state index is 0.573. The van der Waals surface area contributed by atoms with E-state index in [0.717, 1.165) is 6.54 Å². The van der Waals surface area contributed by atoms with Crippen LogP contribution < -0.4 is 5.32 Å². The second-order valence-electron chi connectivity index (χ2n) is 5.12. The van der Waals surface area contributed by atoms with Gasteiger partial charge in [-0.1, -0.05) is 6.92 Å². The number of likely N-dealkylation sites (N-methyl/N-ethyl adjacent to an activating group) is 1. The smallest absolute Gasteiger partial charge is 0.0215 e. The third kappa shape index (κ3) is 7.20. The summed E-state index contributed by atoms with van der Waals surface area (Å²) in [6.07, 6.45) is 2.45. The Morgan fingerprint density at radius 3 is 2.19 bits per heavy atom. The van der Waals surface area contributed by atoms with Gasteiger partial charge in [-0.2, -0.15) is 0 Å². The lowest BCUT2D eigenvalue weighted by molar-refractivity contribution is 0.204.